The Morgan fingerprint density at radius 1 is 1.31 bits per heavy atom. The first-order valence-corrected chi connectivity index (χ1v) is 6.38. The molecule has 0 aromatic rings. The predicted octanol–water partition coefficient (Wildman–Crippen LogP) is 0.359. The molecule has 1 amide bonds. The third-order valence-electron chi connectivity index (χ3n) is 3.48. The SMILES string of the molecule is NC(=S)CC(=O)N1CCCN2CCCC2C1. The lowest BCUT2D eigenvalue weighted by Gasteiger charge is -2.25. The first-order valence-electron chi connectivity index (χ1n) is 5.97. The van der Waals surface area contributed by atoms with E-state index in [0.29, 0.717) is 11.0 Å². The van der Waals surface area contributed by atoms with Gasteiger partial charge in [-0.15, -0.1) is 0 Å². The van der Waals surface area contributed by atoms with Gasteiger partial charge in [-0.3, -0.25) is 9.69 Å². The summed E-state index contributed by atoms with van der Waals surface area (Å²) in [6, 6.07) is 0.567. The summed E-state index contributed by atoms with van der Waals surface area (Å²) in [6.45, 7) is 4.04. The van der Waals surface area contributed by atoms with E-state index in [1.165, 1.54) is 19.4 Å². The monoisotopic (exact) mass is 241 g/mol. The van der Waals surface area contributed by atoms with Gasteiger partial charge in [0.25, 0.3) is 0 Å². The minimum absolute atomic E-state index is 0.0984. The molecule has 90 valence electrons. The van der Waals surface area contributed by atoms with Crippen LogP contribution in [0.4, 0.5) is 0 Å². The maximum atomic E-state index is 11.9. The van der Waals surface area contributed by atoms with Crippen LogP contribution in [-0.4, -0.2) is 52.9 Å². The van der Waals surface area contributed by atoms with Crippen LogP contribution >= 0.6 is 12.2 Å². The summed E-state index contributed by atoms with van der Waals surface area (Å²) in [4.78, 5) is 16.6. The molecule has 0 aromatic heterocycles. The third kappa shape index (κ3) is 2.71. The Morgan fingerprint density at radius 3 is 2.81 bits per heavy atom. The van der Waals surface area contributed by atoms with Crippen LogP contribution in [0.15, 0.2) is 0 Å². The average molecular weight is 241 g/mol. The van der Waals surface area contributed by atoms with Crippen LogP contribution in [0.2, 0.25) is 0 Å². The molecule has 16 heavy (non-hydrogen) atoms. The second-order valence-electron chi connectivity index (χ2n) is 4.67. The summed E-state index contributed by atoms with van der Waals surface area (Å²) in [6.07, 6.45) is 3.78. The molecule has 2 aliphatic rings. The van der Waals surface area contributed by atoms with E-state index in [0.717, 1.165) is 26.1 Å². The van der Waals surface area contributed by atoms with Crippen LogP contribution in [0.3, 0.4) is 0 Å². The quantitative estimate of drug-likeness (QED) is 0.709. The largest absolute Gasteiger partial charge is 0.393 e. The molecular formula is C11H19N3OS. The van der Waals surface area contributed by atoms with Gasteiger partial charge in [0.15, 0.2) is 0 Å². The van der Waals surface area contributed by atoms with Crippen LogP contribution < -0.4 is 5.73 Å². The molecule has 0 aliphatic carbocycles. The minimum atomic E-state index is 0.0984. The highest BCUT2D eigenvalue weighted by Gasteiger charge is 2.30. The number of fused-ring (bicyclic) bond motifs is 1. The van der Waals surface area contributed by atoms with Crippen molar-refractivity contribution in [3.8, 4) is 0 Å². The second kappa shape index (κ2) is 5.10. The maximum Gasteiger partial charge on any atom is 0.229 e. The number of nitrogens with two attached hydrogens (primary N) is 1. The highest BCUT2D eigenvalue weighted by molar-refractivity contribution is 7.80. The zero-order valence-corrected chi connectivity index (χ0v) is 10.3. The van der Waals surface area contributed by atoms with Gasteiger partial charge in [-0.25, -0.2) is 0 Å². The number of thiocarbonyl (C=S) groups is 1. The normalized spacial score (nSPS) is 26.2. The fourth-order valence-corrected chi connectivity index (χ4v) is 2.82. The van der Waals surface area contributed by atoms with Gasteiger partial charge in [-0.05, 0) is 25.8 Å². The standard InChI is InChI=1S/C11H19N3OS/c12-10(16)7-11(15)14-6-2-5-13-4-1-3-9(13)8-14/h9H,1-8H2,(H2,12,16). The lowest BCUT2D eigenvalue weighted by molar-refractivity contribution is -0.130. The van der Waals surface area contributed by atoms with Crippen LogP contribution in [0.1, 0.15) is 25.7 Å². The van der Waals surface area contributed by atoms with E-state index in [9.17, 15) is 4.79 Å². The maximum absolute atomic E-state index is 11.9. The van der Waals surface area contributed by atoms with Crippen molar-refractivity contribution in [2.45, 2.75) is 31.7 Å². The molecule has 4 nitrogen and oxygen atoms in total. The van der Waals surface area contributed by atoms with Crippen LogP contribution in [-0.2, 0) is 4.79 Å². The Bertz CT molecular complexity index is 295. The molecule has 0 spiro atoms. The molecular weight excluding hydrogens is 222 g/mol. The van der Waals surface area contributed by atoms with Crippen molar-refractivity contribution in [2.24, 2.45) is 5.73 Å². The highest BCUT2D eigenvalue weighted by Crippen LogP contribution is 2.21. The number of nitrogens with zero attached hydrogens (tertiary/aromatic N) is 2. The smallest absolute Gasteiger partial charge is 0.229 e. The van der Waals surface area contributed by atoms with Crippen LogP contribution in [0, 0.1) is 0 Å². The van der Waals surface area contributed by atoms with Crippen molar-refractivity contribution in [1.82, 2.24) is 9.80 Å². The molecule has 0 radical (unpaired) electrons. The molecule has 0 aromatic carbocycles. The third-order valence-corrected chi connectivity index (χ3v) is 3.63. The summed E-state index contributed by atoms with van der Waals surface area (Å²) in [7, 11) is 0. The number of carbonyl (C=O) groups excluding carboxylic acids is 1. The number of carbonyl (C=O) groups is 1. The molecule has 2 saturated heterocycles. The Kier molecular flexibility index (Phi) is 3.76. The van der Waals surface area contributed by atoms with Crippen molar-refractivity contribution in [3.05, 3.63) is 0 Å². The topological polar surface area (TPSA) is 49.6 Å². The Morgan fingerprint density at radius 2 is 2.06 bits per heavy atom. The molecule has 2 aliphatic heterocycles. The number of hydrogen-bond donors (Lipinski definition) is 1. The highest BCUT2D eigenvalue weighted by atomic mass is 32.1. The fraction of sp³-hybridized carbons (Fsp3) is 0.818. The van der Waals surface area contributed by atoms with Crippen molar-refractivity contribution in [1.29, 1.82) is 0 Å². The van der Waals surface area contributed by atoms with Gasteiger partial charge in [0.1, 0.15) is 0 Å². The van der Waals surface area contributed by atoms with Gasteiger partial charge in [0.05, 0.1) is 11.4 Å². The minimum Gasteiger partial charge on any atom is -0.393 e. The molecule has 0 bridgehead atoms. The van der Waals surface area contributed by atoms with Crippen molar-refractivity contribution >= 4 is 23.1 Å². The van der Waals surface area contributed by atoms with Crippen LogP contribution in [0.25, 0.3) is 0 Å². The summed E-state index contributed by atoms with van der Waals surface area (Å²) in [5.41, 5.74) is 5.42. The van der Waals surface area contributed by atoms with Gasteiger partial charge in [-0.1, -0.05) is 12.2 Å². The lowest BCUT2D eigenvalue weighted by Crippen LogP contribution is -2.40. The lowest BCUT2D eigenvalue weighted by atomic mass is 10.2. The van der Waals surface area contributed by atoms with Gasteiger partial charge >= 0.3 is 0 Å². The molecule has 0 saturated carbocycles. The molecule has 1 unspecified atom stereocenters. The summed E-state index contributed by atoms with van der Waals surface area (Å²) < 4.78 is 0. The van der Waals surface area contributed by atoms with Crippen LogP contribution in [0.5, 0.6) is 0 Å². The fourth-order valence-electron chi connectivity index (χ4n) is 2.69. The summed E-state index contributed by atoms with van der Waals surface area (Å²) in [5.74, 6) is 0.0984. The molecule has 2 fully saturated rings. The molecule has 2 heterocycles. The Labute approximate surface area is 102 Å². The van der Waals surface area contributed by atoms with Gasteiger partial charge in [-0.2, -0.15) is 0 Å². The average Bonchev–Trinajstić information content (AvgIpc) is 2.54. The van der Waals surface area contributed by atoms with Crippen molar-refractivity contribution in [3.63, 3.8) is 0 Å². The van der Waals surface area contributed by atoms with E-state index in [1.807, 2.05) is 4.90 Å². The molecule has 1 atom stereocenters. The van der Waals surface area contributed by atoms with Gasteiger partial charge in [0, 0.05) is 25.7 Å². The number of hydrogen-bond acceptors (Lipinski definition) is 3. The predicted molar refractivity (Wildman–Crippen MR) is 67.2 cm³/mol. The van der Waals surface area contributed by atoms with Gasteiger partial charge in [0.2, 0.25) is 5.91 Å². The van der Waals surface area contributed by atoms with E-state index < -0.39 is 0 Å². The zero-order chi connectivity index (χ0) is 11.5. The Hall–Kier alpha value is -0.680. The first-order chi connectivity index (χ1) is 7.66. The molecule has 5 heteroatoms. The Balaban J connectivity index is 1.94. The van der Waals surface area contributed by atoms with Crippen molar-refractivity contribution in [2.75, 3.05) is 26.2 Å². The van der Waals surface area contributed by atoms with Crippen molar-refractivity contribution < 1.29 is 4.79 Å². The van der Waals surface area contributed by atoms with Gasteiger partial charge < -0.3 is 10.6 Å². The summed E-state index contributed by atoms with van der Waals surface area (Å²) >= 11 is 4.79. The molecule has 2 rings (SSSR count). The number of rotatable bonds is 2. The number of amides is 1. The summed E-state index contributed by atoms with van der Waals surface area (Å²) in [5, 5.41) is 0. The van der Waals surface area contributed by atoms with E-state index in [1.54, 1.807) is 0 Å². The zero-order valence-electron chi connectivity index (χ0n) is 9.52. The second-order valence-corrected chi connectivity index (χ2v) is 5.19. The first kappa shape index (κ1) is 11.8. The van der Waals surface area contributed by atoms with E-state index in [-0.39, 0.29) is 12.3 Å². The van der Waals surface area contributed by atoms with E-state index in [2.05, 4.69) is 4.90 Å². The van der Waals surface area contributed by atoms with E-state index >= 15 is 0 Å². The van der Waals surface area contributed by atoms with E-state index in [4.69, 9.17) is 18.0 Å². The molecule has 2 N–H and O–H groups in total.